The predicted molar refractivity (Wildman–Crippen MR) is 94.2 cm³/mol. The van der Waals surface area contributed by atoms with Crippen LogP contribution in [0.15, 0.2) is 26.8 Å². The standard InChI is InChI=1S/C16H18N6O4S/c1-5-25-16(24)11-6-10(2)18-15(12(11)7-17)27-9-13(23)19-14-8-22(20-26-14)21(3)4/h6,8H,5,9H2,1-4H3. The van der Waals surface area contributed by atoms with E-state index in [0.717, 1.165) is 11.8 Å². The number of aryl methyl sites for hydroxylation is 1. The number of carbonyl (C=O) groups excluding carboxylic acids is 1. The molecule has 0 aliphatic heterocycles. The molecule has 0 aliphatic carbocycles. The van der Waals surface area contributed by atoms with E-state index in [4.69, 9.17) is 9.26 Å². The molecule has 0 bridgehead atoms. The Morgan fingerprint density at radius 2 is 2.30 bits per heavy atom. The van der Waals surface area contributed by atoms with Crippen LogP contribution in [0.1, 0.15) is 28.5 Å². The number of aromatic nitrogens is 3. The highest BCUT2D eigenvalue weighted by Crippen LogP contribution is 2.25. The summed E-state index contributed by atoms with van der Waals surface area (Å²) >= 11 is 1.01. The number of aliphatic imine (C=N–C) groups is 1. The molecular formula is C16H18N6O4S. The minimum atomic E-state index is -0.604. The van der Waals surface area contributed by atoms with Gasteiger partial charge in [0.15, 0.2) is 0 Å². The van der Waals surface area contributed by atoms with Crippen molar-refractivity contribution in [3.63, 3.8) is 0 Å². The van der Waals surface area contributed by atoms with E-state index in [1.54, 1.807) is 33.0 Å². The highest BCUT2D eigenvalue weighted by atomic mass is 32.2. The fourth-order valence-electron chi connectivity index (χ4n) is 1.98. The van der Waals surface area contributed by atoms with E-state index in [9.17, 15) is 15.2 Å². The summed E-state index contributed by atoms with van der Waals surface area (Å²) in [5.41, 5.74) is 0.731. The second kappa shape index (κ2) is 9.00. The number of rotatable bonds is 7. The van der Waals surface area contributed by atoms with Gasteiger partial charge in [-0.2, -0.15) is 10.3 Å². The third kappa shape index (κ3) is 5.18. The monoisotopic (exact) mass is 390 g/mol. The highest BCUT2D eigenvalue weighted by Gasteiger charge is 2.19. The Bertz CT molecular complexity index is 903. The third-order valence-electron chi connectivity index (χ3n) is 3.14. The summed E-state index contributed by atoms with van der Waals surface area (Å²) < 4.78 is 9.90. The average Bonchev–Trinajstić information content (AvgIpc) is 3.08. The van der Waals surface area contributed by atoms with Crippen molar-refractivity contribution >= 4 is 29.5 Å². The molecule has 2 heterocycles. The predicted octanol–water partition coefficient (Wildman–Crippen LogP) is 0.0941. The second-order valence-corrected chi connectivity index (χ2v) is 6.39. The van der Waals surface area contributed by atoms with Gasteiger partial charge in [0.05, 0.1) is 36.6 Å². The van der Waals surface area contributed by atoms with E-state index in [0.29, 0.717) is 5.69 Å². The van der Waals surface area contributed by atoms with Crippen molar-refractivity contribution in [3.05, 3.63) is 29.1 Å². The second-order valence-electron chi connectivity index (χ2n) is 5.43. The van der Waals surface area contributed by atoms with E-state index in [2.05, 4.69) is 15.2 Å². The molecule has 0 spiro atoms. The van der Waals surface area contributed by atoms with Crippen LogP contribution in [0, 0.1) is 18.3 Å². The van der Waals surface area contributed by atoms with Crippen molar-refractivity contribution in [3.8, 4) is 6.07 Å². The molecule has 0 saturated heterocycles. The van der Waals surface area contributed by atoms with Gasteiger partial charge in [-0.15, -0.1) is 0 Å². The molecule has 0 aromatic carbocycles. The number of esters is 1. The molecule has 2 aromatic heterocycles. The molecule has 0 aliphatic rings. The van der Waals surface area contributed by atoms with Crippen molar-refractivity contribution in [2.75, 3.05) is 31.5 Å². The lowest BCUT2D eigenvalue weighted by atomic mass is 10.1. The van der Waals surface area contributed by atoms with Crippen molar-refractivity contribution in [2.24, 2.45) is 4.99 Å². The highest BCUT2D eigenvalue weighted by molar-refractivity contribution is 7.99. The summed E-state index contributed by atoms with van der Waals surface area (Å²) in [7, 11) is 3.50. The van der Waals surface area contributed by atoms with Crippen LogP contribution in [0.3, 0.4) is 0 Å². The minimum absolute atomic E-state index is 0.0548. The van der Waals surface area contributed by atoms with Crippen molar-refractivity contribution in [1.29, 1.82) is 5.26 Å². The Labute approximate surface area is 160 Å². The zero-order valence-corrected chi connectivity index (χ0v) is 16.1. The first kappa shape index (κ1) is 20.2. The summed E-state index contributed by atoms with van der Waals surface area (Å²) in [5, 5.41) is 27.1. The molecular weight excluding hydrogens is 372 g/mol. The molecule has 2 aromatic rings. The van der Waals surface area contributed by atoms with Gasteiger partial charge in [-0.25, -0.2) is 14.8 Å². The van der Waals surface area contributed by atoms with Gasteiger partial charge in [-0.3, -0.25) is 4.52 Å². The number of hydrogen-bond donors (Lipinski definition) is 0. The SMILES string of the molecule is CCOC(=O)c1cc(C)nc(SC/C([O-])=N\c2c[n+](N(C)C)no2)c1C#N. The molecule has 27 heavy (non-hydrogen) atoms. The number of thioether (sulfide) groups is 1. The Morgan fingerprint density at radius 3 is 2.89 bits per heavy atom. The molecule has 142 valence electrons. The van der Waals surface area contributed by atoms with Crippen LogP contribution in [-0.2, 0) is 4.74 Å². The van der Waals surface area contributed by atoms with Crippen LogP contribution >= 0.6 is 11.8 Å². The topological polar surface area (TPSA) is 132 Å². The van der Waals surface area contributed by atoms with E-state index >= 15 is 0 Å². The summed E-state index contributed by atoms with van der Waals surface area (Å²) in [5.74, 6) is -1.13. The lowest BCUT2D eigenvalue weighted by Gasteiger charge is -2.11. The lowest BCUT2D eigenvalue weighted by Crippen LogP contribution is -2.53. The summed E-state index contributed by atoms with van der Waals surface area (Å²) in [4.78, 5) is 21.5. The zero-order valence-electron chi connectivity index (χ0n) is 15.3. The number of nitriles is 1. The smallest absolute Gasteiger partial charge is 0.339 e. The largest absolute Gasteiger partial charge is 0.861 e. The maximum absolute atomic E-state index is 12.1. The molecule has 0 unspecified atom stereocenters. The quantitative estimate of drug-likeness (QED) is 0.212. The summed E-state index contributed by atoms with van der Waals surface area (Å²) in [6, 6.07) is 3.44. The number of ether oxygens (including phenoxy) is 1. The van der Waals surface area contributed by atoms with Gasteiger partial charge < -0.3 is 9.84 Å². The van der Waals surface area contributed by atoms with Crippen molar-refractivity contribution in [2.45, 2.75) is 18.9 Å². The van der Waals surface area contributed by atoms with Gasteiger partial charge in [0.2, 0.25) is 5.27 Å². The van der Waals surface area contributed by atoms with E-state index in [1.807, 2.05) is 6.07 Å². The van der Waals surface area contributed by atoms with Gasteiger partial charge in [-0.1, -0.05) is 11.8 Å². The number of nitrogens with zero attached hydrogens (tertiary/aromatic N) is 6. The van der Waals surface area contributed by atoms with E-state index < -0.39 is 11.9 Å². The first-order valence-corrected chi connectivity index (χ1v) is 8.86. The number of hydrogen-bond acceptors (Lipinski definition) is 10. The van der Waals surface area contributed by atoms with Crippen molar-refractivity contribution in [1.82, 2.24) is 10.3 Å². The first-order chi connectivity index (χ1) is 12.8. The van der Waals surface area contributed by atoms with Gasteiger partial charge in [0.1, 0.15) is 11.1 Å². The van der Waals surface area contributed by atoms with Crippen LogP contribution in [0.5, 0.6) is 0 Å². The Hall–Kier alpha value is -3.13. The van der Waals surface area contributed by atoms with Crippen LogP contribution < -0.4 is 14.9 Å². The average molecular weight is 390 g/mol. The van der Waals surface area contributed by atoms with Crippen LogP contribution in [0.4, 0.5) is 5.88 Å². The van der Waals surface area contributed by atoms with Gasteiger partial charge in [0.25, 0.3) is 6.20 Å². The fraction of sp³-hybridized carbons (Fsp3) is 0.375. The molecule has 2 rings (SSSR count). The third-order valence-corrected chi connectivity index (χ3v) is 4.10. The summed E-state index contributed by atoms with van der Waals surface area (Å²) in [6.07, 6.45) is 1.45. The Kier molecular flexibility index (Phi) is 6.73. The zero-order chi connectivity index (χ0) is 20.0. The van der Waals surface area contributed by atoms with Crippen LogP contribution in [-0.4, -0.2) is 48.6 Å². The molecule has 0 N–H and O–H groups in total. The molecule has 0 saturated carbocycles. The maximum Gasteiger partial charge on any atom is 0.339 e. The minimum Gasteiger partial charge on any atom is -0.861 e. The van der Waals surface area contributed by atoms with Gasteiger partial charge in [-0.05, 0) is 25.8 Å². The molecule has 0 radical (unpaired) electrons. The molecule has 0 amide bonds. The maximum atomic E-state index is 12.1. The van der Waals surface area contributed by atoms with Gasteiger partial charge in [0, 0.05) is 11.4 Å². The summed E-state index contributed by atoms with van der Waals surface area (Å²) in [6.45, 7) is 3.56. The number of pyridine rings is 1. The first-order valence-electron chi connectivity index (χ1n) is 7.88. The molecule has 0 fully saturated rings. The van der Waals surface area contributed by atoms with Crippen LogP contribution in [0.25, 0.3) is 0 Å². The van der Waals surface area contributed by atoms with Crippen LogP contribution in [0.2, 0.25) is 0 Å². The Morgan fingerprint density at radius 1 is 1.56 bits per heavy atom. The molecule has 10 nitrogen and oxygen atoms in total. The van der Waals surface area contributed by atoms with Gasteiger partial charge >= 0.3 is 11.9 Å². The lowest BCUT2D eigenvalue weighted by molar-refractivity contribution is -0.753. The molecule has 0 atom stereocenters. The van der Waals surface area contributed by atoms with Crippen molar-refractivity contribution < 1.29 is 24.0 Å². The normalized spacial score (nSPS) is 11.1. The van der Waals surface area contributed by atoms with E-state index in [-0.39, 0.29) is 34.4 Å². The fourth-order valence-corrected chi connectivity index (χ4v) is 2.81. The van der Waals surface area contributed by atoms with E-state index in [1.165, 1.54) is 17.1 Å². The Balaban J connectivity index is 2.20. The molecule has 11 heteroatoms. The number of carbonyl (C=O) groups is 1.